The molecule has 1 N–H and O–H groups in total. The van der Waals surface area contributed by atoms with Crippen molar-refractivity contribution in [1.29, 1.82) is 0 Å². The Morgan fingerprint density at radius 2 is 2.10 bits per heavy atom. The Hall–Kier alpha value is -2.18. The lowest BCUT2D eigenvalue weighted by molar-refractivity contribution is -0.138. The van der Waals surface area contributed by atoms with Crippen LogP contribution in [0.15, 0.2) is 24.3 Å². The van der Waals surface area contributed by atoms with Crippen molar-refractivity contribution in [2.45, 2.75) is 19.5 Å². The van der Waals surface area contributed by atoms with E-state index in [2.05, 4.69) is 4.74 Å². The number of amides is 1. The van der Waals surface area contributed by atoms with Crippen molar-refractivity contribution >= 4 is 11.9 Å². The molecule has 5 nitrogen and oxygen atoms in total. The maximum Gasteiger partial charge on any atom is 0.387 e. The summed E-state index contributed by atoms with van der Waals surface area (Å²) in [7, 11) is 0. The highest BCUT2D eigenvalue weighted by molar-refractivity contribution is 5.97. The first-order chi connectivity index (χ1) is 9.97. The van der Waals surface area contributed by atoms with Crippen LogP contribution in [0.1, 0.15) is 23.2 Å². The first-order valence-corrected chi connectivity index (χ1v) is 6.52. The Labute approximate surface area is 120 Å². The number of para-hydroxylation sites is 1. The molecule has 1 aromatic carbocycles. The van der Waals surface area contributed by atoms with Crippen molar-refractivity contribution in [3.63, 3.8) is 0 Å². The molecule has 21 heavy (non-hydrogen) atoms. The number of carbonyl (C=O) groups excluding carboxylic acids is 1. The number of hydrogen-bond donors (Lipinski definition) is 1. The summed E-state index contributed by atoms with van der Waals surface area (Å²) in [5, 5.41) is 8.75. The number of halogens is 2. The molecule has 1 aliphatic heterocycles. The predicted octanol–water partition coefficient (Wildman–Crippen LogP) is 2.22. The van der Waals surface area contributed by atoms with Crippen LogP contribution in [0.25, 0.3) is 0 Å². The second-order valence-corrected chi connectivity index (χ2v) is 4.88. The minimum atomic E-state index is -3.00. The SMILES string of the molecule is O=C(O)CC1CCN(C(=O)c2ccccc2OC(F)F)C1. The molecular formula is C14H15F2NO4. The van der Waals surface area contributed by atoms with Crippen LogP contribution in [0.2, 0.25) is 0 Å². The lowest BCUT2D eigenvalue weighted by Gasteiger charge is -2.18. The molecule has 0 aromatic heterocycles. The van der Waals surface area contributed by atoms with Gasteiger partial charge in [0.15, 0.2) is 0 Å². The average molecular weight is 299 g/mol. The molecule has 1 atom stereocenters. The third-order valence-corrected chi connectivity index (χ3v) is 3.37. The summed E-state index contributed by atoms with van der Waals surface area (Å²) in [5.74, 6) is -1.59. The van der Waals surface area contributed by atoms with Crippen molar-refractivity contribution in [2.75, 3.05) is 13.1 Å². The van der Waals surface area contributed by atoms with Gasteiger partial charge in [-0.2, -0.15) is 8.78 Å². The summed E-state index contributed by atoms with van der Waals surface area (Å²) in [6.45, 7) is -2.27. The van der Waals surface area contributed by atoms with Crippen molar-refractivity contribution < 1.29 is 28.2 Å². The number of carboxylic acid groups (broad SMARTS) is 1. The van der Waals surface area contributed by atoms with Gasteiger partial charge in [-0.1, -0.05) is 12.1 Å². The predicted molar refractivity (Wildman–Crippen MR) is 69.3 cm³/mol. The molecule has 114 valence electrons. The van der Waals surface area contributed by atoms with Crippen LogP contribution in [0.4, 0.5) is 8.78 Å². The molecule has 1 unspecified atom stereocenters. The van der Waals surface area contributed by atoms with E-state index in [9.17, 15) is 18.4 Å². The fourth-order valence-corrected chi connectivity index (χ4v) is 2.44. The number of rotatable bonds is 5. The lowest BCUT2D eigenvalue weighted by Crippen LogP contribution is -2.29. The van der Waals surface area contributed by atoms with Crippen LogP contribution in [-0.4, -0.2) is 41.6 Å². The van der Waals surface area contributed by atoms with E-state index in [0.717, 1.165) is 0 Å². The van der Waals surface area contributed by atoms with E-state index in [4.69, 9.17) is 5.11 Å². The number of likely N-dealkylation sites (tertiary alicyclic amines) is 1. The van der Waals surface area contributed by atoms with Crippen LogP contribution >= 0.6 is 0 Å². The highest BCUT2D eigenvalue weighted by Gasteiger charge is 2.29. The number of carbonyl (C=O) groups is 2. The van der Waals surface area contributed by atoms with E-state index in [0.29, 0.717) is 19.5 Å². The van der Waals surface area contributed by atoms with Gasteiger partial charge in [-0.05, 0) is 24.5 Å². The van der Waals surface area contributed by atoms with E-state index in [-0.39, 0.29) is 23.7 Å². The zero-order valence-corrected chi connectivity index (χ0v) is 11.2. The number of benzene rings is 1. The number of hydrogen-bond acceptors (Lipinski definition) is 3. The Morgan fingerprint density at radius 3 is 2.76 bits per heavy atom. The average Bonchev–Trinajstić information content (AvgIpc) is 2.85. The first-order valence-electron chi connectivity index (χ1n) is 6.52. The number of aliphatic carboxylic acids is 1. The summed E-state index contributed by atoms with van der Waals surface area (Å²) in [6, 6.07) is 5.80. The van der Waals surface area contributed by atoms with Gasteiger partial charge in [-0.15, -0.1) is 0 Å². The van der Waals surface area contributed by atoms with E-state index in [1.165, 1.54) is 23.1 Å². The monoisotopic (exact) mass is 299 g/mol. The number of carboxylic acids is 1. The summed E-state index contributed by atoms with van der Waals surface area (Å²) >= 11 is 0. The van der Waals surface area contributed by atoms with Gasteiger partial charge in [-0.3, -0.25) is 9.59 Å². The van der Waals surface area contributed by atoms with Gasteiger partial charge in [0, 0.05) is 19.5 Å². The molecule has 1 aliphatic rings. The highest BCUT2D eigenvalue weighted by atomic mass is 19.3. The standard InChI is InChI=1S/C14H15F2NO4/c15-14(16)21-11-4-2-1-3-10(11)13(20)17-6-5-9(8-17)7-12(18)19/h1-4,9,14H,5-8H2,(H,18,19). The van der Waals surface area contributed by atoms with Crippen molar-refractivity contribution in [1.82, 2.24) is 4.90 Å². The molecule has 2 rings (SSSR count). The minimum absolute atomic E-state index is 0.00103. The molecule has 1 amide bonds. The molecule has 1 heterocycles. The van der Waals surface area contributed by atoms with Crippen LogP contribution in [0.5, 0.6) is 5.75 Å². The fourth-order valence-electron chi connectivity index (χ4n) is 2.44. The second kappa shape index (κ2) is 6.51. The van der Waals surface area contributed by atoms with Crippen molar-refractivity contribution in [2.24, 2.45) is 5.92 Å². The molecule has 0 spiro atoms. The minimum Gasteiger partial charge on any atom is -0.481 e. The maximum absolute atomic E-state index is 12.3. The Bertz CT molecular complexity index is 535. The summed E-state index contributed by atoms with van der Waals surface area (Å²) in [4.78, 5) is 24.5. The highest BCUT2D eigenvalue weighted by Crippen LogP contribution is 2.26. The molecule has 0 saturated carbocycles. The fraction of sp³-hybridized carbons (Fsp3) is 0.429. The number of nitrogens with zero attached hydrogens (tertiary/aromatic N) is 1. The molecular weight excluding hydrogens is 284 g/mol. The number of alkyl halides is 2. The van der Waals surface area contributed by atoms with E-state index < -0.39 is 18.5 Å². The van der Waals surface area contributed by atoms with Crippen molar-refractivity contribution in [3.05, 3.63) is 29.8 Å². The lowest BCUT2D eigenvalue weighted by atomic mass is 10.1. The van der Waals surface area contributed by atoms with Crippen LogP contribution in [0, 0.1) is 5.92 Å². The van der Waals surface area contributed by atoms with E-state index >= 15 is 0 Å². The molecule has 0 bridgehead atoms. The molecule has 0 aliphatic carbocycles. The first kappa shape index (κ1) is 15.2. The molecule has 0 radical (unpaired) electrons. The van der Waals surface area contributed by atoms with Gasteiger partial charge in [0.2, 0.25) is 0 Å². The summed E-state index contributed by atoms with van der Waals surface area (Å²) in [5.41, 5.74) is 0.0637. The quantitative estimate of drug-likeness (QED) is 0.905. The van der Waals surface area contributed by atoms with Gasteiger partial charge in [0.1, 0.15) is 5.75 Å². The van der Waals surface area contributed by atoms with Gasteiger partial charge in [0.25, 0.3) is 5.91 Å². The Kier molecular flexibility index (Phi) is 4.72. The molecule has 1 aromatic rings. The van der Waals surface area contributed by atoms with Gasteiger partial charge in [0.05, 0.1) is 5.56 Å². The van der Waals surface area contributed by atoms with Crippen LogP contribution in [0.3, 0.4) is 0 Å². The van der Waals surface area contributed by atoms with Crippen LogP contribution in [-0.2, 0) is 4.79 Å². The summed E-state index contributed by atoms with van der Waals surface area (Å²) in [6.07, 6.45) is 0.592. The normalized spacial score (nSPS) is 18.0. The van der Waals surface area contributed by atoms with Gasteiger partial charge < -0.3 is 14.7 Å². The van der Waals surface area contributed by atoms with Crippen molar-refractivity contribution in [3.8, 4) is 5.75 Å². The zero-order chi connectivity index (χ0) is 15.4. The Balaban J connectivity index is 2.09. The molecule has 7 heteroatoms. The van der Waals surface area contributed by atoms with E-state index in [1.54, 1.807) is 6.07 Å². The number of ether oxygens (including phenoxy) is 1. The topological polar surface area (TPSA) is 66.8 Å². The third-order valence-electron chi connectivity index (χ3n) is 3.37. The smallest absolute Gasteiger partial charge is 0.387 e. The summed E-state index contributed by atoms with van der Waals surface area (Å²) < 4.78 is 29.0. The van der Waals surface area contributed by atoms with Gasteiger partial charge in [-0.25, -0.2) is 0 Å². The third kappa shape index (κ3) is 3.90. The second-order valence-electron chi connectivity index (χ2n) is 4.88. The molecule has 1 saturated heterocycles. The van der Waals surface area contributed by atoms with Gasteiger partial charge >= 0.3 is 12.6 Å². The molecule has 1 fully saturated rings. The largest absolute Gasteiger partial charge is 0.481 e. The maximum atomic E-state index is 12.3. The zero-order valence-electron chi connectivity index (χ0n) is 11.2. The van der Waals surface area contributed by atoms with E-state index in [1.807, 2.05) is 0 Å². The van der Waals surface area contributed by atoms with Crippen LogP contribution < -0.4 is 4.74 Å². The Morgan fingerprint density at radius 1 is 1.38 bits per heavy atom.